The number of rotatable bonds is 7. The summed E-state index contributed by atoms with van der Waals surface area (Å²) in [5.74, 6) is 0.912. The van der Waals surface area contributed by atoms with Gasteiger partial charge in [0.2, 0.25) is 5.95 Å². The van der Waals surface area contributed by atoms with E-state index in [2.05, 4.69) is 49.3 Å². The third-order valence-corrected chi connectivity index (χ3v) is 9.79. The molecule has 0 aliphatic heterocycles. The second-order valence-corrected chi connectivity index (χ2v) is 12.1. The normalized spacial score (nSPS) is 31.7. The van der Waals surface area contributed by atoms with Gasteiger partial charge in [0.15, 0.2) is 0 Å². The summed E-state index contributed by atoms with van der Waals surface area (Å²) in [4.78, 5) is 25.6. The molecule has 1 atom stereocenters. The molecule has 35 heavy (non-hydrogen) atoms. The molecule has 0 amide bonds. The van der Waals surface area contributed by atoms with E-state index in [-0.39, 0.29) is 23.1 Å². The summed E-state index contributed by atoms with van der Waals surface area (Å²) in [6.07, 6.45) is 15.4. The summed E-state index contributed by atoms with van der Waals surface area (Å²) >= 11 is 0. The lowest BCUT2D eigenvalue weighted by molar-refractivity contribution is -0.0408. The lowest BCUT2D eigenvalue weighted by Gasteiger charge is -2.56. The van der Waals surface area contributed by atoms with E-state index < -0.39 is 0 Å². The minimum absolute atomic E-state index is 0.0408. The van der Waals surface area contributed by atoms with E-state index in [1.165, 1.54) is 38.5 Å². The molecule has 4 saturated carbocycles. The van der Waals surface area contributed by atoms with Crippen LogP contribution in [0.3, 0.4) is 0 Å². The van der Waals surface area contributed by atoms with Gasteiger partial charge in [0.25, 0.3) is 5.56 Å². The molecule has 0 unspecified atom stereocenters. The fourth-order valence-electron chi connectivity index (χ4n) is 6.91. The predicted octanol–water partition coefficient (Wildman–Crippen LogP) is 4.68. The molecule has 7 heteroatoms. The van der Waals surface area contributed by atoms with Crippen molar-refractivity contribution in [3.63, 3.8) is 0 Å². The highest BCUT2D eigenvalue weighted by atomic mass is 16.3. The lowest BCUT2D eigenvalue weighted by atomic mass is 9.57. The molecule has 192 valence electrons. The number of hydrogen-bond donors (Lipinski definition) is 2. The van der Waals surface area contributed by atoms with Crippen LogP contribution in [-0.4, -0.2) is 56.3 Å². The van der Waals surface area contributed by atoms with E-state index in [0.29, 0.717) is 22.8 Å². The maximum atomic E-state index is 13.7. The van der Waals surface area contributed by atoms with Crippen LogP contribution in [0, 0.1) is 5.41 Å². The van der Waals surface area contributed by atoms with E-state index in [4.69, 9.17) is 4.98 Å². The summed E-state index contributed by atoms with van der Waals surface area (Å²) in [6.45, 7) is 5.04. The topological polar surface area (TPSA) is 83.3 Å². The summed E-state index contributed by atoms with van der Waals surface area (Å²) < 4.78 is 2.00. The number of hydrogen-bond acceptors (Lipinski definition) is 6. The van der Waals surface area contributed by atoms with Crippen LogP contribution in [0.15, 0.2) is 17.2 Å². The van der Waals surface area contributed by atoms with Crippen molar-refractivity contribution < 1.29 is 5.11 Å². The number of aromatic nitrogens is 3. The minimum Gasteiger partial charge on any atom is -0.393 e. The molecule has 0 spiro atoms. The number of nitrogens with zero attached hydrogens (tertiary/aromatic N) is 4. The number of aliphatic hydroxyl groups is 1. The predicted molar refractivity (Wildman–Crippen MR) is 141 cm³/mol. The van der Waals surface area contributed by atoms with Crippen LogP contribution in [0.25, 0.3) is 10.9 Å². The summed E-state index contributed by atoms with van der Waals surface area (Å²) in [5, 5.41) is 14.1. The third kappa shape index (κ3) is 4.62. The SMILES string of the molecule is CC[C@H](C)Nc1ncc2c(=O)n(CC34CCC(N(C)C)(CC3)CC4)cc(C3CCC(O)CC3)c2n1. The van der Waals surface area contributed by atoms with Gasteiger partial charge in [0.05, 0.1) is 17.0 Å². The highest BCUT2D eigenvalue weighted by molar-refractivity contribution is 5.81. The largest absolute Gasteiger partial charge is 0.393 e. The van der Waals surface area contributed by atoms with Crippen molar-refractivity contribution in [3.8, 4) is 0 Å². The minimum atomic E-state index is -0.207. The number of nitrogens with one attached hydrogen (secondary N) is 1. The maximum absolute atomic E-state index is 13.7. The molecular formula is C28H43N5O2. The van der Waals surface area contributed by atoms with E-state index in [1.54, 1.807) is 6.20 Å². The molecule has 2 N–H and O–H groups in total. The smallest absolute Gasteiger partial charge is 0.261 e. The Hall–Kier alpha value is -1.99. The van der Waals surface area contributed by atoms with Crippen LogP contribution in [-0.2, 0) is 6.54 Å². The number of anilines is 1. The first-order chi connectivity index (χ1) is 16.7. The lowest BCUT2D eigenvalue weighted by Crippen LogP contribution is -2.55. The average Bonchev–Trinajstić information content (AvgIpc) is 2.87. The van der Waals surface area contributed by atoms with Crippen LogP contribution in [0.1, 0.15) is 96.0 Å². The number of pyridine rings is 1. The van der Waals surface area contributed by atoms with E-state index in [9.17, 15) is 9.90 Å². The molecule has 2 heterocycles. The van der Waals surface area contributed by atoms with Gasteiger partial charge < -0.3 is 19.9 Å². The molecule has 4 fully saturated rings. The Morgan fingerprint density at radius 1 is 1.14 bits per heavy atom. The average molecular weight is 482 g/mol. The van der Waals surface area contributed by atoms with Crippen molar-refractivity contribution in [1.82, 2.24) is 19.4 Å². The molecule has 4 aliphatic rings. The second kappa shape index (κ2) is 9.47. The highest BCUT2D eigenvalue weighted by Crippen LogP contribution is 2.54. The van der Waals surface area contributed by atoms with Gasteiger partial charge >= 0.3 is 0 Å². The van der Waals surface area contributed by atoms with Gasteiger partial charge in [-0.3, -0.25) is 4.79 Å². The van der Waals surface area contributed by atoms with Crippen molar-refractivity contribution in [1.29, 1.82) is 0 Å². The fourth-order valence-corrected chi connectivity index (χ4v) is 6.91. The first kappa shape index (κ1) is 24.7. The Bertz CT molecular complexity index is 1090. The van der Waals surface area contributed by atoms with Crippen molar-refractivity contribution in [2.24, 2.45) is 5.41 Å². The molecule has 0 saturated heterocycles. The Kier molecular flexibility index (Phi) is 6.68. The highest BCUT2D eigenvalue weighted by Gasteiger charge is 2.49. The Balaban J connectivity index is 1.52. The van der Waals surface area contributed by atoms with Crippen molar-refractivity contribution in [3.05, 3.63) is 28.3 Å². The number of aliphatic hydroxyl groups excluding tert-OH is 1. The van der Waals surface area contributed by atoms with Crippen LogP contribution in [0.4, 0.5) is 5.95 Å². The Morgan fingerprint density at radius 3 is 2.40 bits per heavy atom. The van der Waals surface area contributed by atoms with Crippen LogP contribution >= 0.6 is 0 Å². The quantitative estimate of drug-likeness (QED) is 0.598. The summed E-state index contributed by atoms with van der Waals surface area (Å²) in [6, 6.07) is 0.270. The van der Waals surface area contributed by atoms with Crippen LogP contribution < -0.4 is 10.9 Å². The molecule has 7 nitrogen and oxygen atoms in total. The van der Waals surface area contributed by atoms with E-state index >= 15 is 0 Å². The third-order valence-electron chi connectivity index (χ3n) is 9.79. The van der Waals surface area contributed by atoms with Gasteiger partial charge in [-0.15, -0.1) is 0 Å². The van der Waals surface area contributed by atoms with Crippen molar-refractivity contribution in [2.45, 2.75) is 115 Å². The Labute approximate surface area is 209 Å². The zero-order valence-corrected chi connectivity index (χ0v) is 22.0. The molecule has 0 aromatic carbocycles. The fraction of sp³-hybridized carbons (Fsp3) is 0.750. The molecular weight excluding hydrogens is 438 g/mol. The monoisotopic (exact) mass is 481 g/mol. The molecule has 6 rings (SSSR count). The molecule has 2 aromatic rings. The molecule has 2 bridgehead atoms. The first-order valence-electron chi connectivity index (χ1n) is 13.8. The summed E-state index contributed by atoms with van der Waals surface area (Å²) in [7, 11) is 4.45. The zero-order chi connectivity index (χ0) is 24.8. The van der Waals surface area contributed by atoms with Crippen LogP contribution in [0.2, 0.25) is 0 Å². The van der Waals surface area contributed by atoms with Gasteiger partial charge in [-0.1, -0.05) is 6.92 Å². The number of fused-ring (bicyclic) bond motifs is 4. The standard InChI is InChI=1S/C28H43N5O2/c1-5-19(2)30-26-29-16-22-24(31-26)23(20-6-8-21(34)9-7-20)17-33(25(22)35)18-27-10-13-28(14-11-27,15-12-27)32(3)4/h16-17,19-21,34H,5-15,18H2,1-4H3,(H,29,30,31)/t19-,20?,21?,27?,28?/m0/s1. The van der Waals surface area contributed by atoms with Crippen molar-refractivity contribution >= 4 is 16.9 Å². The van der Waals surface area contributed by atoms with Crippen molar-refractivity contribution in [2.75, 3.05) is 19.4 Å². The van der Waals surface area contributed by atoms with Gasteiger partial charge in [-0.2, -0.15) is 0 Å². The second-order valence-electron chi connectivity index (χ2n) is 12.1. The van der Waals surface area contributed by atoms with Gasteiger partial charge in [-0.05, 0) is 109 Å². The molecule has 0 radical (unpaired) electrons. The first-order valence-corrected chi connectivity index (χ1v) is 13.8. The summed E-state index contributed by atoms with van der Waals surface area (Å²) in [5.41, 5.74) is 2.57. The van der Waals surface area contributed by atoms with Gasteiger partial charge in [0.1, 0.15) is 0 Å². The molecule has 4 aliphatic carbocycles. The van der Waals surface area contributed by atoms with Gasteiger partial charge in [-0.25, -0.2) is 9.97 Å². The van der Waals surface area contributed by atoms with E-state index in [0.717, 1.165) is 49.7 Å². The zero-order valence-electron chi connectivity index (χ0n) is 22.0. The Morgan fingerprint density at radius 2 is 1.80 bits per heavy atom. The van der Waals surface area contributed by atoms with Crippen LogP contribution in [0.5, 0.6) is 0 Å². The maximum Gasteiger partial charge on any atom is 0.261 e. The van der Waals surface area contributed by atoms with E-state index in [1.807, 2.05) is 4.57 Å². The van der Waals surface area contributed by atoms with Gasteiger partial charge in [0, 0.05) is 30.5 Å². The molecule has 2 aromatic heterocycles.